The number of rotatable bonds is 2. The van der Waals surface area contributed by atoms with Crippen molar-refractivity contribution in [3.05, 3.63) is 24.7 Å². The Morgan fingerprint density at radius 2 is 2.36 bits per heavy atom. The fourth-order valence-corrected chi connectivity index (χ4v) is 1.11. The molecule has 0 amide bonds. The number of aromatic nitrogens is 4. The van der Waals surface area contributed by atoms with E-state index in [1.165, 1.54) is 0 Å². The average Bonchev–Trinajstić information content (AvgIpc) is 2.65. The van der Waals surface area contributed by atoms with Crippen molar-refractivity contribution in [3.8, 4) is 11.4 Å². The molecule has 2 heterocycles. The van der Waals surface area contributed by atoms with E-state index >= 15 is 0 Å². The number of hydrogen-bond acceptors (Lipinski definition) is 5. The molecule has 0 spiro atoms. The van der Waals surface area contributed by atoms with E-state index in [1.54, 1.807) is 23.1 Å². The van der Waals surface area contributed by atoms with Gasteiger partial charge in [0.25, 0.3) is 0 Å². The number of nitrogen functional groups attached to an aromatic ring is 1. The van der Waals surface area contributed by atoms with Crippen LogP contribution in [0.1, 0.15) is 0 Å². The molecule has 72 valence electrons. The molecule has 0 aliphatic carbocycles. The molecule has 0 aliphatic rings. The first-order chi connectivity index (χ1) is 6.79. The number of nitrogens with one attached hydrogen (secondary N) is 1. The first-order valence-electron chi connectivity index (χ1n) is 4.08. The summed E-state index contributed by atoms with van der Waals surface area (Å²) in [5.74, 6) is 6.43. The average molecular weight is 190 g/mol. The predicted molar refractivity (Wildman–Crippen MR) is 52.0 cm³/mol. The molecule has 2 rings (SSSR count). The Hall–Kier alpha value is -1.95. The monoisotopic (exact) mass is 190 g/mol. The number of hydrogen-bond donors (Lipinski definition) is 2. The third-order valence-electron chi connectivity index (χ3n) is 1.77. The molecule has 0 aliphatic heterocycles. The summed E-state index contributed by atoms with van der Waals surface area (Å²) in [6.45, 7) is 0. The Labute approximate surface area is 80.8 Å². The molecule has 0 saturated heterocycles. The standard InChI is InChI=1S/C8H10N6/c1-14-5-6(4-11-14)8-10-3-2-7(12-8)13-9/h2-5H,9H2,1H3,(H,10,12,13). The van der Waals surface area contributed by atoms with E-state index < -0.39 is 0 Å². The van der Waals surface area contributed by atoms with Gasteiger partial charge in [0, 0.05) is 25.5 Å². The molecule has 0 bridgehead atoms. The van der Waals surface area contributed by atoms with Crippen molar-refractivity contribution >= 4 is 5.82 Å². The van der Waals surface area contributed by atoms with Gasteiger partial charge in [-0.05, 0) is 0 Å². The van der Waals surface area contributed by atoms with Gasteiger partial charge >= 0.3 is 0 Å². The van der Waals surface area contributed by atoms with Gasteiger partial charge in [-0.3, -0.25) is 4.68 Å². The summed E-state index contributed by atoms with van der Waals surface area (Å²) in [5, 5.41) is 4.03. The van der Waals surface area contributed by atoms with Gasteiger partial charge < -0.3 is 5.43 Å². The number of nitrogens with two attached hydrogens (primary N) is 1. The Kier molecular flexibility index (Phi) is 2.11. The van der Waals surface area contributed by atoms with Crippen LogP contribution in [-0.2, 0) is 7.05 Å². The summed E-state index contributed by atoms with van der Waals surface area (Å²) in [6, 6.07) is 1.69. The van der Waals surface area contributed by atoms with Gasteiger partial charge in [-0.2, -0.15) is 5.10 Å². The smallest absolute Gasteiger partial charge is 0.164 e. The molecule has 0 aromatic carbocycles. The lowest BCUT2D eigenvalue weighted by molar-refractivity contribution is 0.768. The largest absolute Gasteiger partial charge is 0.308 e. The van der Waals surface area contributed by atoms with Crippen LogP contribution in [0.25, 0.3) is 11.4 Å². The van der Waals surface area contributed by atoms with E-state index in [-0.39, 0.29) is 0 Å². The maximum absolute atomic E-state index is 5.24. The van der Waals surface area contributed by atoms with Gasteiger partial charge in [-0.25, -0.2) is 15.8 Å². The molecule has 3 N–H and O–H groups in total. The van der Waals surface area contributed by atoms with Crippen LogP contribution in [0.4, 0.5) is 5.82 Å². The fraction of sp³-hybridized carbons (Fsp3) is 0.125. The Balaban J connectivity index is 2.41. The second kappa shape index (κ2) is 3.43. The first-order valence-corrected chi connectivity index (χ1v) is 4.08. The van der Waals surface area contributed by atoms with Gasteiger partial charge in [0.05, 0.1) is 11.8 Å². The van der Waals surface area contributed by atoms with Crippen molar-refractivity contribution in [3.63, 3.8) is 0 Å². The lowest BCUT2D eigenvalue weighted by Crippen LogP contribution is -2.08. The molecule has 0 atom stereocenters. The molecule has 0 saturated carbocycles. The van der Waals surface area contributed by atoms with Crippen LogP contribution in [0, 0.1) is 0 Å². The summed E-state index contributed by atoms with van der Waals surface area (Å²) >= 11 is 0. The highest BCUT2D eigenvalue weighted by Crippen LogP contribution is 2.13. The summed E-state index contributed by atoms with van der Waals surface area (Å²) in [7, 11) is 1.84. The number of hydrazine groups is 1. The van der Waals surface area contributed by atoms with Gasteiger partial charge in [0.2, 0.25) is 0 Å². The number of anilines is 1. The van der Waals surface area contributed by atoms with Crippen LogP contribution in [-0.4, -0.2) is 19.7 Å². The van der Waals surface area contributed by atoms with Crippen molar-refractivity contribution < 1.29 is 0 Å². The lowest BCUT2D eigenvalue weighted by Gasteiger charge is -1.99. The van der Waals surface area contributed by atoms with E-state index in [2.05, 4.69) is 20.5 Å². The third-order valence-corrected chi connectivity index (χ3v) is 1.77. The summed E-state index contributed by atoms with van der Waals surface area (Å²) in [4.78, 5) is 8.29. The zero-order valence-electron chi connectivity index (χ0n) is 7.68. The maximum atomic E-state index is 5.24. The minimum Gasteiger partial charge on any atom is -0.308 e. The minimum atomic E-state index is 0.582. The van der Waals surface area contributed by atoms with Gasteiger partial charge in [0.1, 0.15) is 5.82 Å². The second-order valence-corrected chi connectivity index (χ2v) is 2.81. The lowest BCUT2D eigenvalue weighted by atomic mass is 10.3. The number of aryl methyl sites for hydroxylation is 1. The van der Waals surface area contributed by atoms with Crippen LogP contribution in [0.5, 0.6) is 0 Å². The molecule has 0 unspecified atom stereocenters. The summed E-state index contributed by atoms with van der Waals surface area (Å²) in [5.41, 5.74) is 3.33. The SMILES string of the molecule is Cn1cc(-c2nccc(NN)n2)cn1. The van der Waals surface area contributed by atoms with Crippen molar-refractivity contribution in [2.75, 3.05) is 5.43 Å². The Morgan fingerprint density at radius 3 is 3.00 bits per heavy atom. The molecule has 0 radical (unpaired) electrons. The molecular formula is C8H10N6. The molecule has 6 heteroatoms. The highest BCUT2D eigenvalue weighted by Gasteiger charge is 2.03. The minimum absolute atomic E-state index is 0.582. The van der Waals surface area contributed by atoms with Crippen LogP contribution >= 0.6 is 0 Å². The molecule has 14 heavy (non-hydrogen) atoms. The van der Waals surface area contributed by atoms with Crippen LogP contribution in [0.15, 0.2) is 24.7 Å². The second-order valence-electron chi connectivity index (χ2n) is 2.81. The van der Waals surface area contributed by atoms with Gasteiger partial charge in [-0.15, -0.1) is 0 Å². The van der Waals surface area contributed by atoms with E-state index in [1.807, 2.05) is 13.2 Å². The molecule has 2 aromatic rings. The molecule has 0 fully saturated rings. The highest BCUT2D eigenvalue weighted by molar-refractivity contribution is 5.54. The third kappa shape index (κ3) is 1.55. The summed E-state index contributed by atoms with van der Waals surface area (Å²) < 4.78 is 1.70. The zero-order valence-corrected chi connectivity index (χ0v) is 7.68. The van der Waals surface area contributed by atoms with E-state index in [0.717, 1.165) is 5.56 Å². The fourth-order valence-electron chi connectivity index (χ4n) is 1.11. The maximum Gasteiger partial charge on any atom is 0.164 e. The van der Waals surface area contributed by atoms with Gasteiger partial charge in [-0.1, -0.05) is 0 Å². The molecular weight excluding hydrogens is 180 g/mol. The van der Waals surface area contributed by atoms with Crippen molar-refractivity contribution in [1.82, 2.24) is 19.7 Å². The van der Waals surface area contributed by atoms with E-state index in [9.17, 15) is 0 Å². The van der Waals surface area contributed by atoms with Crippen LogP contribution in [0.2, 0.25) is 0 Å². The van der Waals surface area contributed by atoms with Crippen molar-refractivity contribution in [2.24, 2.45) is 12.9 Å². The van der Waals surface area contributed by atoms with E-state index in [4.69, 9.17) is 5.84 Å². The quantitative estimate of drug-likeness (QED) is 0.521. The highest BCUT2D eigenvalue weighted by atomic mass is 15.3. The predicted octanol–water partition coefficient (Wildman–Crippen LogP) is 0.163. The Bertz CT molecular complexity index is 435. The first kappa shape index (κ1) is 8.64. The number of nitrogens with zero attached hydrogens (tertiary/aromatic N) is 4. The van der Waals surface area contributed by atoms with Gasteiger partial charge in [0.15, 0.2) is 5.82 Å². The summed E-state index contributed by atoms with van der Waals surface area (Å²) in [6.07, 6.45) is 5.19. The molecule has 6 nitrogen and oxygen atoms in total. The van der Waals surface area contributed by atoms with E-state index in [0.29, 0.717) is 11.6 Å². The van der Waals surface area contributed by atoms with Crippen LogP contribution in [0.3, 0.4) is 0 Å². The van der Waals surface area contributed by atoms with Crippen molar-refractivity contribution in [1.29, 1.82) is 0 Å². The zero-order chi connectivity index (χ0) is 9.97. The molecule has 2 aromatic heterocycles. The normalized spacial score (nSPS) is 10.1. The Morgan fingerprint density at radius 1 is 1.50 bits per heavy atom. The topological polar surface area (TPSA) is 81.7 Å². The van der Waals surface area contributed by atoms with Crippen LogP contribution < -0.4 is 11.3 Å². The van der Waals surface area contributed by atoms with Crippen molar-refractivity contribution in [2.45, 2.75) is 0 Å².